The number of aryl methyl sites for hydroxylation is 2. The van der Waals surface area contributed by atoms with Gasteiger partial charge in [0.1, 0.15) is 0 Å². The molecule has 0 spiro atoms. The van der Waals surface area contributed by atoms with Crippen LogP contribution in [0.4, 0.5) is 0 Å². The predicted octanol–water partition coefficient (Wildman–Crippen LogP) is 2.86. The van der Waals surface area contributed by atoms with Crippen LogP contribution in [0.1, 0.15) is 30.0 Å². The van der Waals surface area contributed by atoms with Gasteiger partial charge in [0.2, 0.25) is 15.9 Å². The van der Waals surface area contributed by atoms with Gasteiger partial charge in [-0.25, -0.2) is 8.42 Å². The number of carbonyl (C=O) groups is 1. The first-order chi connectivity index (χ1) is 13.5. The monoisotopic (exact) mass is 400 g/mol. The number of rotatable bonds is 7. The van der Waals surface area contributed by atoms with Crippen LogP contribution in [0.5, 0.6) is 0 Å². The summed E-state index contributed by atoms with van der Waals surface area (Å²) in [5.41, 5.74) is 3.24. The molecular formula is C22H28N2O3S. The van der Waals surface area contributed by atoms with Gasteiger partial charge >= 0.3 is 0 Å². The van der Waals surface area contributed by atoms with E-state index in [2.05, 4.69) is 31.2 Å². The van der Waals surface area contributed by atoms with E-state index in [0.717, 1.165) is 24.0 Å². The van der Waals surface area contributed by atoms with Gasteiger partial charge in [-0.05, 0) is 29.5 Å². The maximum atomic E-state index is 12.6. The highest BCUT2D eigenvalue weighted by Gasteiger charge is 2.28. The third kappa shape index (κ3) is 5.42. The van der Waals surface area contributed by atoms with Crippen molar-refractivity contribution >= 4 is 15.9 Å². The number of amides is 1. The summed E-state index contributed by atoms with van der Waals surface area (Å²) in [5, 5.41) is 0. The SMILES string of the molecule is CCc1ccc(CCC(=O)N2CCN(S(=O)(=O)Cc3ccccc3)CC2)cc1. The number of nitrogens with zero attached hydrogens (tertiary/aromatic N) is 2. The first-order valence-corrected chi connectivity index (χ1v) is 11.5. The van der Waals surface area contributed by atoms with Gasteiger partial charge in [0.05, 0.1) is 5.75 Å². The fourth-order valence-corrected chi connectivity index (χ4v) is 4.96. The summed E-state index contributed by atoms with van der Waals surface area (Å²) < 4.78 is 26.7. The molecule has 28 heavy (non-hydrogen) atoms. The molecule has 0 aliphatic carbocycles. The predicted molar refractivity (Wildman–Crippen MR) is 111 cm³/mol. The number of benzene rings is 2. The highest BCUT2D eigenvalue weighted by atomic mass is 32.2. The van der Waals surface area contributed by atoms with Crippen molar-refractivity contribution in [3.63, 3.8) is 0 Å². The van der Waals surface area contributed by atoms with E-state index in [9.17, 15) is 13.2 Å². The van der Waals surface area contributed by atoms with Crippen molar-refractivity contribution in [2.45, 2.75) is 31.9 Å². The molecule has 150 valence electrons. The smallest absolute Gasteiger partial charge is 0.222 e. The van der Waals surface area contributed by atoms with Crippen molar-refractivity contribution in [3.05, 3.63) is 71.3 Å². The van der Waals surface area contributed by atoms with Gasteiger partial charge in [-0.2, -0.15) is 4.31 Å². The van der Waals surface area contributed by atoms with Crippen molar-refractivity contribution in [2.24, 2.45) is 0 Å². The molecule has 1 aliphatic heterocycles. The number of carbonyl (C=O) groups excluding carboxylic acids is 1. The van der Waals surface area contributed by atoms with Crippen molar-refractivity contribution in [3.8, 4) is 0 Å². The average Bonchev–Trinajstić information content (AvgIpc) is 2.73. The van der Waals surface area contributed by atoms with E-state index in [0.29, 0.717) is 32.6 Å². The van der Waals surface area contributed by atoms with Crippen LogP contribution in [0.15, 0.2) is 54.6 Å². The second-order valence-electron chi connectivity index (χ2n) is 7.19. The van der Waals surface area contributed by atoms with Gasteiger partial charge in [0.25, 0.3) is 0 Å². The molecule has 1 aliphatic rings. The Morgan fingerprint density at radius 2 is 1.46 bits per heavy atom. The van der Waals surface area contributed by atoms with Crippen LogP contribution in [0.2, 0.25) is 0 Å². The molecule has 3 rings (SSSR count). The minimum Gasteiger partial charge on any atom is -0.340 e. The van der Waals surface area contributed by atoms with Crippen LogP contribution in [0.25, 0.3) is 0 Å². The van der Waals surface area contributed by atoms with E-state index in [4.69, 9.17) is 0 Å². The Hall–Kier alpha value is -2.18. The van der Waals surface area contributed by atoms with Crippen molar-refractivity contribution in [1.29, 1.82) is 0 Å². The number of sulfonamides is 1. The molecule has 0 radical (unpaired) electrons. The number of hydrogen-bond acceptors (Lipinski definition) is 3. The molecule has 0 saturated carbocycles. The Labute approximate surface area is 168 Å². The van der Waals surface area contributed by atoms with Crippen molar-refractivity contribution < 1.29 is 13.2 Å². The summed E-state index contributed by atoms with van der Waals surface area (Å²) in [6.07, 6.45) is 2.19. The maximum absolute atomic E-state index is 12.6. The van der Waals surface area contributed by atoms with Gasteiger partial charge in [-0.3, -0.25) is 4.79 Å². The molecule has 1 heterocycles. The largest absolute Gasteiger partial charge is 0.340 e. The summed E-state index contributed by atoms with van der Waals surface area (Å²) in [4.78, 5) is 14.3. The first-order valence-electron chi connectivity index (χ1n) is 9.85. The highest BCUT2D eigenvalue weighted by Crippen LogP contribution is 2.15. The molecule has 1 saturated heterocycles. The Kier molecular flexibility index (Phi) is 6.86. The van der Waals surface area contributed by atoms with E-state index in [-0.39, 0.29) is 11.7 Å². The lowest BCUT2D eigenvalue weighted by Crippen LogP contribution is -2.50. The molecule has 0 bridgehead atoms. The standard InChI is InChI=1S/C22H28N2O3S/c1-2-19-8-10-20(11-9-19)12-13-22(25)23-14-16-24(17-15-23)28(26,27)18-21-6-4-3-5-7-21/h3-11H,2,12-18H2,1H3. The normalized spacial score (nSPS) is 15.5. The molecule has 0 N–H and O–H groups in total. The zero-order chi connectivity index (χ0) is 20.0. The highest BCUT2D eigenvalue weighted by molar-refractivity contribution is 7.88. The number of piperazine rings is 1. The van der Waals surface area contributed by atoms with E-state index in [1.54, 1.807) is 4.90 Å². The summed E-state index contributed by atoms with van der Waals surface area (Å²) in [7, 11) is -3.35. The lowest BCUT2D eigenvalue weighted by molar-refractivity contribution is -0.132. The average molecular weight is 401 g/mol. The van der Waals surface area contributed by atoms with Gasteiger partial charge in [-0.1, -0.05) is 61.5 Å². The lowest BCUT2D eigenvalue weighted by atomic mass is 10.1. The van der Waals surface area contributed by atoms with Crippen LogP contribution in [0, 0.1) is 0 Å². The Bertz CT molecular complexity index is 872. The van der Waals surface area contributed by atoms with Gasteiger partial charge < -0.3 is 4.90 Å². The number of hydrogen-bond donors (Lipinski definition) is 0. The van der Waals surface area contributed by atoms with Gasteiger partial charge in [0.15, 0.2) is 0 Å². The Morgan fingerprint density at radius 3 is 2.07 bits per heavy atom. The van der Waals surface area contributed by atoms with Crippen LogP contribution in [-0.4, -0.2) is 49.7 Å². The summed E-state index contributed by atoms with van der Waals surface area (Å²) in [6.45, 7) is 3.78. The zero-order valence-corrected chi connectivity index (χ0v) is 17.2. The fourth-order valence-electron chi connectivity index (χ4n) is 3.44. The summed E-state index contributed by atoms with van der Waals surface area (Å²) in [6, 6.07) is 17.6. The molecule has 0 aromatic heterocycles. The second kappa shape index (κ2) is 9.34. The minimum absolute atomic E-state index is 0.00947. The second-order valence-corrected chi connectivity index (χ2v) is 9.16. The quantitative estimate of drug-likeness (QED) is 0.718. The third-order valence-electron chi connectivity index (χ3n) is 5.24. The molecular weight excluding hydrogens is 372 g/mol. The van der Waals surface area contributed by atoms with E-state index < -0.39 is 10.0 Å². The third-order valence-corrected chi connectivity index (χ3v) is 7.09. The van der Waals surface area contributed by atoms with Crippen LogP contribution < -0.4 is 0 Å². The maximum Gasteiger partial charge on any atom is 0.222 e. The van der Waals surface area contributed by atoms with Crippen molar-refractivity contribution in [1.82, 2.24) is 9.21 Å². The molecule has 5 nitrogen and oxygen atoms in total. The molecule has 0 unspecified atom stereocenters. The lowest BCUT2D eigenvalue weighted by Gasteiger charge is -2.34. The van der Waals surface area contributed by atoms with Crippen LogP contribution >= 0.6 is 0 Å². The Balaban J connectivity index is 1.48. The van der Waals surface area contributed by atoms with Gasteiger partial charge in [0, 0.05) is 32.6 Å². The topological polar surface area (TPSA) is 57.7 Å². The van der Waals surface area contributed by atoms with Crippen LogP contribution in [-0.2, 0) is 33.4 Å². The van der Waals surface area contributed by atoms with E-state index in [1.165, 1.54) is 9.87 Å². The zero-order valence-electron chi connectivity index (χ0n) is 16.4. The molecule has 1 amide bonds. The van der Waals surface area contributed by atoms with Gasteiger partial charge in [-0.15, -0.1) is 0 Å². The van der Waals surface area contributed by atoms with E-state index in [1.807, 2.05) is 30.3 Å². The Morgan fingerprint density at radius 1 is 0.857 bits per heavy atom. The van der Waals surface area contributed by atoms with E-state index >= 15 is 0 Å². The first kappa shape index (κ1) is 20.6. The van der Waals surface area contributed by atoms with Crippen molar-refractivity contribution in [2.75, 3.05) is 26.2 Å². The molecule has 1 fully saturated rings. The molecule has 2 aromatic rings. The summed E-state index contributed by atoms with van der Waals surface area (Å²) >= 11 is 0. The van der Waals surface area contributed by atoms with Crippen LogP contribution in [0.3, 0.4) is 0 Å². The molecule has 0 atom stereocenters. The minimum atomic E-state index is -3.35. The molecule has 2 aromatic carbocycles. The fraction of sp³-hybridized carbons (Fsp3) is 0.409. The summed E-state index contributed by atoms with van der Waals surface area (Å²) in [5.74, 6) is 0.106. The molecule has 6 heteroatoms.